The second-order valence-electron chi connectivity index (χ2n) is 4.99. The Morgan fingerprint density at radius 3 is 3.04 bits per heavy atom. The largest absolute Gasteiger partial charge is 0.504 e. The molecule has 3 aromatic rings. The summed E-state index contributed by atoms with van der Waals surface area (Å²) >= 11 is 1.54. The topological polar surface area (TPSA) is 66.7 Å². The van der Waals surface area contributed by atoms with Crippen LogP contribution in [0.1, 0.15) is 18.1 Å². The molecule has 0 saturated heterocycles. The van der Waals surface area contributed by atoms with Crippen molar-refractivity contribution in [2.45, 2.75) is 13.8 Å². The molecule has 0 fully saturated rings. The first-order valence-corrected chi connectivity index (χ1v) is 8.10. The minimum absolute atomic E-state index is 0.0832. The zero-order valence-electron chi connectivity index (χ0n) is 12.9. The normalized spacial score (nSPS) is 11.2. The number of ether oxygens (including phenoxy) is 1. The molecule has 0 radical (unpaired) electrons. The van der Waals surface area contributed by atoms with Crippen LogP contribution in [0.15, 0.2) is 41.5 Å². The maximum absolute atomic E-state index is 10.1. The minimum Gasteiger partial charge on any atom is -0.504 e. The highest BCUT2D eigenvalue weighted by Gasteiger charge is 2.06. The van der Waals surface area contributed by atoms with E-state index in [4.69, 9.17) is 4.74 Å². The summed E-state index contributed by atoms with van der Waals surface area (Å²) in [6, 6.07) is 11.4. The number of hydrogen-bond donors (Lipinski definition) is 2. The number of rotatable bonds is 5. The second kappa shape index (κ2) is 6.66. The number of thiazole rings is 1. The van der Waals surface area contributed by atoms with E-state index in [2.05, 4.69) is 28.5 Å². The highest BCUT2D eigenvalue weighted by molar-refractivity contribution is 7.22. The second-order valence-corrected chi connectivity index (χ2v) is 6.02. The van der Waals surface area contributed by atoms with Crippen LogP contribution in [0, 0.1) is 6.92 Å². The fourth-order valence-electron chi connectivity index (χ4n) is 2.15. The van der Waals surface area contributed by atoms with E-state index in [0.717, 1.165) is 10.2 Å². The van der Waals surface area contributed by atoms with E-state index in [1.165, 1.54) is 16.9 Å². The summed E-state index contributed by atoms with van der Waals surface area (Å²) in [6.45, 7) is 4.42. The third kappa shape index (κ3) is 3.43. The average Bonchev–Trinajstić information content (AvgIpc) is 2.93. The Morgan fingerprint density at radius 2 is 2.22 bits per heavy atom. The number of aromatic hydroxyl groups is 1. The zero-order chi connectivity index (χ0) is 16.2. The molecular formula is C17H17N3O2S. The Kier molecular flexibility index (Phi) is 4.43. The van der Waals surface area contributed by atoms with Gasteiger partial charge in [-0.05, 0) is 43.7 Å². The molecule has 0 saturated carbocycles. The van der Waals surface area contributed by atoms with Crippen LogP contribution in [0.25, 0.3) is 10.2 Å². The molecule has 2 aromatic carbocycles. The molecule has 0 spiro atoms. The molecule has 1 aromatic heterocycles. The fraction of sp³-hybridized carbons (Fsp3) is 0.176. The average molecular weight is 327 g/mol. The lowest BCUT2D eigenvalue weighted by molar-refractivity contribution is 0.318. The van der Waals surface area contributed by atoms with Crippen molar-refractivity contribution >= 4 is 32.9 Å². The van der Waals surface area contributed by atoms with Crippen molar-refractivity contribution in [3.63, 3.8) is 0 Å². The third-order valence-corrected chi connectivity index (χ3v) is 4.16. The lowest BCUT2D eigenvalue weighted by atomic mass is 10.2. The quantitative estimate of drug-likeness (QED) is 0.545. The van der Waals surface area contributed by atoms with Gasteiger partial charge < -0.3 is 9.84 Å². The van der Waals surface area contributed by atoms with Crippen molar-refractivity contribution in [2.24, 2.45) is 5.10 Å². The number of nitrogens with zero attached hydrogens (tertiary/aromatic N) is 2. The monoisotopic (exact) mass is 327 g/mol. The number of aromatic nitrogens is 1. The van der Waals surface area contributed by atoms with Crippen LogP contribution >= 0.6 is 11.3 Å². The predicted molar refractivity (Wildman–Crippen MR) is 94.8 cm³/mol. The van der Waals surface area contributed by atoms with Crippen LogP contribution in [-0.4, -0.2) is 22.9 Å². The molecule has 0 bridgehead atoms. The fourth-order valence-corrected chi connectivity index (χ4v) is 3.07. The Bertz CT molecular complexity index is 858. The van der Waals surface area contributed by atoms with Crippen LogP contribution in [-0.2, 0) is 0 Å². The Balaban J connectivity index is 1.76. The number of hydrogen-bond acceptors (Lipinski definition) is 6. The van der Waals surface area contributed by atoms with Crippen molar-refractivity contribution in [1.82, 2.24) is 4.98 Å². The molecule has 5 nitrogen and oxygen atoms in total. The van der Waals surface area contributed by atoms with Crippen molar-refractivity contribution < 1.29 is 9.84 Å². The molecule has 6 heteroatoms. The summed E-state index contributed by atoms with van der Waals surface area (Å²) < 4.78 is 6.47. The third-order valence-electron chi connectivity index (χ3n) is 3.24. The van der Waals surface area contributed by atoms with Gasteiger partial charge in [-0.1, -0.05) is 23.5 Å². The smallest absolute Gasteiger partial charge is 0.204 e. The lowest BCUT2D eigenvalue weighted by Crippen LogP contribution is -1.95. The summed E-state index contributed by atoms with van der Waals surface area (Å²) in [5, 5.41) is 15.0. The summed E-state index contributed by atoms with van der Waals surface area (Å²) in [6.07, 6.45) is 1.55. The maximum Gasteiger partial charge on any atom is 0.204 e. The van der Waals surface area contributed by atoms with E-state index >= 15 is 0 Å². The molecule has 0 aliphatic carbocycles. The van der Waals surface area contributed by atoms with Gasteiger partial charge in [-0.15, -0.1) is 0 Å². The van der Waals surface area contributed by atoms with Gasteiger partial charge >= 0.3 is 0 Å². The van der Waals surface area contributed by atoms with Gasteiger partial charge in [0, 0.05) is 5.56 Å². The molecule has 0 amide bonds. The minimum atomic E-state index is 0.0832. The summed E-state index contributed by atoms with van der Waals surface area (Å²) in [5.74, 6) is 0.534. The Morgan fingerprint density at radius 1 is 1.35 bits per heavy atom. The van der Waals surface area contributed by atoms with Gasteiger partial charge in [-0.25, -0.2) is 4.98 Å². The zero-order valence-corrected chi connectivity index (χ0v) is 13.7. The van der Waals surface area contributed by atoms with Crippen molar-refractivity contribution in [2.75, 3.05) is 12.0 Å². The van der Waals surface area contributed by atoms with Crippen molar-refractivity contribution in [1.29, 1.82) is 0 Å². The molecule has 1 heterocycles. The van der Waals surface area contributed by atoms with Gasteiger partial charge in [0.05, 0.1) is 23.0 Å². The van der Waals surface area contributed by atoms with Crippen molar-refractivity contribution in [3.05, 3.63) is 47.5 Å². The first-order chi connectivity index (χ1) is 11.2. The van der Waals surface area contributed by atoms with Crippen LogP contribution in [0.2, 0.25) is 0 Å². The molecule has 0 aliphatic heterocycles. The molecular weight excluding hydrogens is 310 g/mol. The highest BCUT2D eigenvalue weighted by atomic mass is 32.1. The van der Waals surface area contributed by atoms with Gasteiger partial charge in [0.15, 0.2) is 11.5 Å². The number of fused-ring (bicyclic) bond motifs is 1. The molecule has 23 heavy (non-hydrogen) atoms. The van der Waals surface area contributed by atoms with Crippen LogP contribution < -0.4 is 10.2 Å². The number of nitrogens with one attached hydrogen (secondary N) is 1. The van der Waals surface area contributed by atoms with Crippen molar-refractivity contribution in [3.8, 4) is 11.5 Å². The molecule has 2 N–H and O–H groups in total. The highest BCUT2D eigenvalue weighted by Crippen LogP contribution is 2.29. The van der Waals surface area contributed by atoms with E-state index in [0.29, 0.717) is 23.1 Å². The number of anilines is 1. The van der Waals surface area contributed by atoms with Gasteiger partial charge in [-0.3, -0.25) is 5.43 Å². The number of aryl methyl sites for hydroxylation is 1. The number of hydrazone groups is 1. The van der Waals surface area contributed by atoms with Gasteiger partial charge in [0.1, 0.15) is 0 Å². The maximum atomic E-state index is 10.1. The van der Waals surface area contributed by atoms with Gasteiger partial charge in [0.25, 0.3) is 0 Å². The van der Waals surface area contributed by atoms with Crippen LogP contribution in [0.3, 0.4) is 0 Å². The predicted octanol–water partition coefficient (Wildman–Crippen LogP) is 4.16. The standard InChI is InChI=1S/C17H17N3O2S/c1-3-22-14-6-4-5-12(16(14)21)10-18-20-17-19-13-8-7-11(2)9-15(13)23-17/h4-10,21H,3H2,1-2H3,(H,19,20)/b18-10+. The van der Waals surface area contributed by atoms with Gasteiger partial charge in [-0.2, -0.15) is 5.10 Å². The van der Waals surface area contributed by atoms with E-state index in [9.17, 15) is 5.11 Å². The molecule has 3 rings (SSSR count). The molecule has 0 atom stereocenters. The lowest BCUT2D eigenvalue weighted by Gasteiger charge is -2.06. The summed E-state index contributed by atoms with van der Waals surface area (Å²) in [4.78, 5) is 4.46. The van der Waals surface area contributed by atoms with E-state index in [-0.39, 0.29) is 5.75 Å². The van der Waals surface area contributed by atoms with E-state index in [1.54, 1.807) is 18.3 Å². The number of phenols is 1. The summed E-state index contributed by atoms with van der Waals surface area (Å²) in [5.41, 5.74) is 5.64. The summed E-state index contributed by atoms with van der Waals surface area (Å²) in [7, 11) is 0. The molecule has 118 valence electrons. The van der Waals surface area contributed by atoms with Crippen LogP contribution in [0.5, 0.6) is 11.5 Å². The van der Waals surface area contributed by atoms with Crippen LogP contribution in [0.4, 0.5) is 5.13 Å². The van der Waals surface area contributed by atoms with E-state index in [1.807, 2.05) is 25.1 Å². The Labute approximate surface area is 138 Å². The number of para-hydroxylation sites is 1. The number of phenolic OH excluding ortho intramolecular Hbond substituents is 1. The molecule has 0 aliphatic rings. The number of benzene rings is 2. The van der Waals surface area contributed by atoms with Gasteiger partial charge in [0.2, 0.25) is 5.13 Å². The molecule has 0 unspecified atom stereocenters. The first kappa shape index (κ1) is 15.3. The SMILES string of the molecule is CCOc1cccc(/C=N/Nc2nc3ccc(C)cc3s2)c1O. The Hall–Kier alpha value is -2.60. The van der Waals surface area contributed by atoms with E-state index < -0.39 is 0 Å². The first-order valence-electron chi connectivity index (χ1n) is 7.28.